The summed E-state index contributed by atoms with van der Waals surface area (Å²) in [6.45, 7) is 5.12. The third-order valence-electron chi connectivity index (χ3n) is 4.92. The molecule has 0 unspecified atom stereocenters. The molecule has 0 spiro atoms. The fourth-order valence-corrected chi connectivity index (χ4v) is 3.04. The van der Waals surface area contributed by atoms with Gasteiger partial charge in [0.05, 0.1) is 6.61 Å². The molecule has 0 aliphatic carbocycles. The molecule has 0 atom stereocenters. The van der Waals surface area contributed by atoms with Crippen molar-refractivity contribution >= 4 is 11.9 Å². The number of unbranched alkanes of at least 4 members (excludes halogenated alkanes) is 8. The van der Waals surface area contributed by atoms with E-state index >= 15 is 0 Å². The van der Waals surface area contributed by atoms with Gasteiger partial charge in [0.25, 0.3) is 0 Å². The summed E-state index contributed by atoms with van der Waals surface area (Å²) in [6.07, 6.45) is 11.6. The van der Waals surface area contributed by atoms with Crippen LogP contribution in [-0.2, 0) is 25.7 Å². The van der Waals surface area contributed by atoms with Crippen molar-refractivity contribution in [2.45, 2.75) is 97.5 Å². The summed E-state index contributed by atoms with van der Waals surface area (Å²) in [6, 6.07) is 7.96. The van der Waals surface area contributed by atoms with Crippen molar-refractivity contribution in [1.29, 1.82) is 0 Å². The Hall–Kier alpha value is -1.84. The molecule has 0 bridgehead atoms. The number of carbonyl (C=O) groups is 2. The van der Waals surface area contributed by atoms with Crippen LogP contribution in [0.1, 0.15) is 95.1 Å². The Morgan fingerprint density at radius 1 is 0.750 bits per heavy atom. The largest absolute Gasteiger partial charge is 0.466 e. The number of aryl methyl sites for hydroxylation is 1. The minimum absolute atomic E-state index is 0.0621. The maximum Gasteiger partial charge on any atom is 0.306 e. The first-order valence-electron chi connectivity index (χ1n) is 11.0. The minimum atomic E-state index is -0.120. The van der Waals surface area contributed by atoms with Gasteiger partial charge in [-0.3, -0.25) is 9.59 Å². The molecule has 1 aromatic carbocycles. The van der Waals surface area contributed by atoms with Gasteiger partial charge in [-0.2, -0.15) is 0 Å². The zero-order valence-corrected chi connectivity index (χ0v) is 17.8. The molecule has 0 amide bonds. The summed E-state index contributed by atoms with van der Waals surface area (Å²) < 4.78 is 10.6. The maximum atomic E-state index is 11.8. The molecule has 0 radical (unpaired) electrons. The Kier molecular flexibility index (Phi) is 14.0. The van der Waals surface area contributed by atoms with Crippen LogP contribution in [0.2, 0.25) is 0 Å². The van der Waals surface area contributed by atoms with Crippen molar-refractivity contribution in [3.8, 4) is 0 Å². The maximum absolute atomic E-state index is 11.8. The van der Waals surface area contributed by atoms with Gasteiger partial charge in [0, 0.05) is 12.8 Å². The normalized spacial score (nSPS) is 10.6. The lowest BCUT2D eigenvalue weighted by atomic mass is 10.1. The first-order chi connectivity index (χ1) is 13.6. The quantitative estimate of drug-likeness (QED) is 0.246. The van der Waals surface area contributed by atoms with Gasteiger partial charge in [0.15, 0.2) is 0 Å². The predicted molar refractivity (Wildman–Crippen MR) is 113 cm³/mol. The molecule has 0 aliphatic rings. The Bertz CT molecular complexity index is 553. The molecule has 0 saturated heterocycles. The van der Waals surface area contributed by atoms with E-state index in [4.69, 9.17) is 9.47 Å². The molecule has 0 saturated carbocycles. The van der Waals surface area contributed by atoms with Gasteiger partial charge in [-0.15, -0.1) is 0 Å². The van der Waals surface area contributed by atoms with E-state index < -0.39 is 0 Å². The van der Waals surface area contributed by atoms with Crippen LogP contribution in [0.5, 0.6) is 0 Å². The van der Waals surface area contributed by atoms with Gasteiger partial charge >= 0.3 is 11.9 Å². The number of esters is 2. The number of hydrogen-bond donors (Lipinski definition) is 0. The van der Waals surface area contributed by atoms with E-state index in [0.29, 0.717) is 26.1 Å². The molecule has 4 heteroatoms. The third kappa shape index (κ3) is 12.5. The molecule has 0 heterocycles. The number of hydrogen-bond acceptors (Lipinski definition) is 4. The van der Waals surface area contributed by atoms with Gasteiger partial charge in [-0.25, -0.2) is 0 Å². The van der Waals surface area contributed by atoms with Gasteiger partial charge in [-0.1, -0.05) is 76.1 Å². The van der Waals surface area contributed by atoms with Crippen molar-refractivity contribution < 1.29 is 19.1 Å². The predicted octanol–water partition coefficient (Wildman–Crippen LogP) is 6.28. The van der Waals surface area contributed by atoms with Gasteiger partial charge in [-0.05, 0) is 37.3 Å². The standard InChI is InChI=1S/C24H38O4/c1-3-4-5-14-19-27-23(25)17-10-8-6-7-9-11-18-24(26)28-20-22-16-13-12-15-21(22)2/h12-13,15-16H,3-11,14,17-20H2,1-2H3. The van der Waals surface area contributed by atoms with E-state index in [9.17, 15) is 9.59 Å². The van der Waals surface area contributed by atoms with Crippen LogP contribution in [-0.4, -0.2) is 18.5 Å². The molecule has 0 aliphatic heterocycles. The topological polar surface area (TPSA) is 52.6 Å². The zero-order valence-electron chi connectivity index (χ0n) is 17.8. The van der Waals surface area contributed by atoms with Crippen LogP contribution in [0, 0.1) is 6.92 Å². The molecule has 1 aromatic rings. The highest BCUT2D eigenvalue weighted by atomic mass is 16.5. The number of benzene rings is 1. The smallest absolute Gasteiger partial charge is 0.306 e. The SMILES string of the molecule is CCCCCCOC(=O)CCCCCCCCC(=O)OCc1ccccc1C. The second kappa shape index (κ2) is 16.1. The van der Waals surface area contributed by atoms with Crippen LogP contribution < -0.4 is 0 Å². The second-order valence-corrected chi connectivity index (χ2v) is 7.49. The van der Waals surface area contributed by atoms with Crippen molar-refractivity contribution in [2.24, 2.45) is 0 Å². The number of carbonyl (C=O) groups excluding carboxylic acids is 2. The van der Waals surface area contributed by atoms with Gasteiger partial charge < -0.3 is 9.47 Å². The molecule has 0 aromatic heterocycles. The van der Waals surface area contributed by atoms with Gasteiger partial charge in [0.2, 0.25) is 0 Å². The lowest BCUT2D eigenvalue weighted by Crippen LogP contribution is -2.05. The zero-order chi connectivity index (χ0) is 20.5. The lowest BCUT2D eigenvalue weighted by Gasteiger charge is -2.07. The van der Waals surface area contributed by atoms with E-state index in [1.165, 1.54) is 12.8 Å². The Balaban J connectivity index is 1.90. The summed E-state index contributed by atoms with van der Waals surface area (Å²) in [5.41, 5.74) is 2.21. The molecule has 0 fully saturated rings. The molecule has 0 N–H and O–H groups in total. The average Bonchev–Trinajstić information content (AvgIpc) is 2.69. The number of rotatable bonds is 16. The average molecular weight is 391 g/mol. The molecule has 28 heavy (non-hydrogen) atoms. The van der Waals surface area contributed by atoms with Crippen LogP contribution in [0.25, 0.3) is 0 Å². The monoisotopic (exact) mass is 390 g/mol. The third-order valence-corrected chi connectivity index (χ3v) is 4.92. The van der Waals surface area contributed by atoms with E-state index in [2.05, 4.69) is 6.92 Å². The highest BCUT2D eigenvalue weighted by Crippen LogP contribution is 2.12. The summed E-state index contributed by atoms with van der Waals surface area (Å²) in [4.78, 5) is 23.4. The minimum Gasteiger partial charge on any atom is -0.466 e. The van der Waals surface area contributed by atoms with E-state index in [1.54, 1.807) is 0 Å². The van der Waals surface area contributed by atoms with E-state index in [0.717, 1.165) is 62.5 Å². The Labute approximate surface area is 171 Å². The fraction of sp³-hybridized carbons (Fsp3) is 0.667. The molecule has 1 rings (SSSR count). The van der Waals surface area contributed by atoms with E-state index in [1.807, 2.05) is 31.2 Å². The van der Waals surface area contributed by atoms with Crippen molar-refractivity contribution in [3.05, 3.63) is 35.4 Å². The first-order valence-corrected chi connectivity index (χ1v) is 11.0. The van der Waals surface area contributed by atoms with Gasteiger partial charge in [0.1, 0.15) is 6.61 Å². The van der Waals surface area contributed by atoms with Crippen molar-refractivity contribution in [2.75, 3.05) is 6.61 Å². The molecule has 158 valence electrons. The fourth-order valence-electron chi connectivity index (χ4n) is 3.04. The lowest BCUT2D eigenvalue weighted by molar-refractivity contribution is -0.145. The van der Waals surface area contributed by atoms with Crippen molar-refractivity contribution in [1.82, 2.24) is 0 Å². The highest BCUT2D eigenvalue weighted by molar-refractivity contribution is 5.69. The van der Waals surface area contributed by atoms with Crippen LogP contribution >= 0.6 is 0 Å². The Morgan fingerprint density at radius 2 is 1.32 bits per heavy atom. The summed E-state index contributed by atoms with van der Waals surface area (Å²) in [5, 5.41) is 0. The first kappa shape index (κ1) is 24.2. The molecular formula is C24H38O4. The van der Waals surface area contributed by atoms with Crippen LogP contribution in [0.15, 0.2) is 24.3 Å². The molecule has 4 nitrogen and oxygen atoms in total. The summed E-state index contributed by atoms with van der Waals surface area (Å²) in [7, 11) is 0. The Morgan fingerprint density at radius 3 is 1.96 bits per heavy atom. The number of ether oxygens (including phenoxy) is 2. The van der Waals surface area contributed by atoms with E-state index in [-0.39, 0.29) is 11.9 Å². The molecular weight excluding hydrogens is 352 g/mol. The summed E-state index contributed by atoms with van der Waals surface area (Å²) in [5.74, 6) is -0.183. The summed E-state index contributed by atoms with van der Waals surface area (Å²) >= 11 is 0. The second-order valence-electron chi connectivity index (χ2n) is 7.49. The van der Waals surface area contributed by atoms with Crippen LogP contribution in [0.4, 0.5) is 0 Å². The van der Waals surface area contributed by atoms with Crippen LogP contribution in [0.3, 0.4) is 0 Å². The highest BCUT2D eigenvalue weighted by Gasteiger charge is 2.05. The van der Waals surface area contributed by atoms with Crippen molar-refractivity contribution in [3.63, 3.8) is 0 Å².